The topological polar surface area (TPSA) is 105 Å². The number of aromatic nitrogens is 3. The molecule has 3 rings (SSSR count). The first-order chi connectivity index (χ1) is 11.2. The molecule has 8 nitrogen and oxygen atoms in total. The van der Waals surface area contributed by atoms with Gasteiger partial charge >= 0.3 is 5.97 Å². The van der Waals surface area contributed by atoms with Crippen molar-refractivity contribution in [2.24, 2.45) is 13.0 Å². The number of aryl methyl sites for hydroxylation is 2. The monoisotopic (exact) mass is 352 g/mol. The average Bonchev–Trinajstić information content (AvgIpc) is 2.81. The van der Waals surface area contributed by atoms with Crippen LogP contribution < -0.4 is 0 Å². The molecule has 2 aromatic heterocycles. The lowest BCUT2D eigenvalue weighted by atomic mass is 9.92. The van der Waals surface area contributed by atoms with Crippen LogP contribution in [0.15, 0.2) is 17.2 Å². The van der Waals surface area contributed by atoms with E-state index in [1.54, 1.807) is 31.6 Å². The molecule has 1 fully saturated rings. The van der Waals surface area contributed by atoms with Gasteiger partial charge in [-0.3, -0.25) is 9.48 Å². The van der Waals surface area contributed by atoms with Gasteiger partial charge in [0.2, 0.25) is 10.0 Å². The lowest BCUT2D eigenvalue weighted by Crippen LogP contribution is -2.49. The van der Waals surface area contributed by atoms with Crippen LogP contribution in [0.25, 0.3) is 11.0 Å². The fourth-order valence-corrected chi connectivity index (χ4v) is 5.02. The van der Waals surface area contributed by atoms with Gasteiger partial charge in [-0.25, -0.2) is 13.4 Å². The van der Waals surface area contributed by atoms with E-state index in [-0.39, 0.29) is 4.90 Å². The van der Waals surface area contributed by atoms with Crippen LogP contribution in [0.2, 0.25) is 0 Å². The van der Waals surface area contributed by atoms with E-state index < -0.39 is 28.0 Å². The van der Waals surface area contributed by atoms with Gasteiger partial charge in [-0.2, -0.15) is 9.40 Å². The fourth-order valence-electron chi connectivity index (χ4n) is 3.35. The third-order valence-corrected chi connectivity index (χ3v) is 6.64. The van der Waals surface area contributed by atoms with E-state index in [0.717, 1.165) is 0 Å². The second-order valence-electron chi connectivity index (χ2n) is 6.19. The van der Waals surface area contributed by atoms with E-state index in [0.29, 0.717) is 36.1 Å². The first-order valence-electron chi connectivity index (χ1n) is 7.77. The smallest absolute Gasteiger partial charge is 0.308 e. The van der Waals surface area contributed by atoms with Crippen molar-refractivity contribution in [3.8, 4) is 0 Å². The van der Waals surface area contributed by atoms with Crippen molar-refractivity contribution in [1.82, 2.24) is 19.1 Å². The fraction of sp³-hybridized carbons (Fsp3) is 0.533. The van der Waals surface area contributed by atoms with Crippen molar-refractivity contribution in [3.63, 3.8) is 0 Å². The Morgan fingerprint density at radius 2 is 2.12 bits per heavy atom. The Balaban J connectivity index is 2.04. The number of aliphatic carboxylic acids is 1. The van der Waals surface area contributed by atoms with Crippen LogP contribution in [0.3, 0.4) is 0 Å². The number of fused-ring (bicyclic) bond motifs is 1. The average molecular weight is 352 g/mol. The summed E-state index contributed by atoms with van der Waals surface area (Å²) in [6.07, 6.45) is 2.33. The van der Waals surface area contributed by atoms with Crippen LogP contribution >= 0.6 is 0 Å². The van der Waals surface area contributed by atoms with Gasteiger partial charge in [-0.15, -0.1) is 0 Å². The molecule has 2 atom stereocenters. The summed E-state index contributed by atoms with van der Waals surface area (Å²) < 4.78 is 28.9. The Kier molecular flexibility index (Phi) is 4.08. The van der Waals surface area contributed by atoms with Crippen molar-refractivity contribution >= 4 is 27.0 Å². The van der Waals surface area contributed by atoms with Gasteiger partial charge in [0.1, 0.15) is 4.90 Å². The second kappa shape index (κ2) is 5.82. The summed E-state index contributed by atoms with van der Waals surface area (Å²) in [5.74, 6) is -1.65. The number of carboxylic acids is 1. The highest BCUT2D eigenvalue weighted by molar-refractivity contribution is 7.89. The molecule has 0 aromatic carbocycles. The number of pyridine rings is 1. The molecular formula is C15H20N4O4S. The van der Waals surface area contributed by atoms with Crippen LogP contribution in [-0.4, -0.2) is 51.1 Å². The molecule has 130 valence electrons. The molecule has 3 heterocycles. The predicted molar refractivity (Wildman–Crippen MR) is 87.0 cm³/mol. The first kappa shape index (κ1) is 16.8. The summed E-state index contributed by atoms with van der Waals surface area (Å²) in [6.45, 7) is 3.76. The molecular weight excluding hydrogens is 332 g/mol. The van der Waals surface area contributed by atoms with E-state index in [1.807, 2.05) is 0 Å². The highest BCUT2D eigenvalue weighted by atomic mass is 32.2. The van der Waals surface area contributed by atoms with Gasteiger partial charge in [-0.05, 0) is 32.8 Å². The molecule has 1 aliphatic heterocycles. The number of carbonyl (C=O) groups is 1. The molecule has 0 bridgehead atoms. The normalized spacial score (nSPS) is 22.8. The Bertz CT molecular complexity index is 906. The summed E-state index contributed by atoms with van der Waals surface area (Å²) >= 11 is 0. The number of hydrogen-bond donors (Lipinski definition) is 1. The number of piperidine rings is 1. The lowest BCUT2D eigenvalue weighted by Gasteiger charge is -2.36. The van der Waals surface area contributed by atoms with Gasteiger partial charge in [0.25, 0.3) is 0 Å². The third-order valence-electron chi connectivity index (χ3n) is 4.69. The number of rotatable bonds is 3. The minimum absolute atomic E-state index is 0.0731. The van der Waals surface area contributed by atoms with Crippen LogP contribution in [0.4, 0.5) is 0 Å². The Hall–Kier alpha value is -2.00. The molecule has 1 saturated heterocycles. The molecule has 0 unspecified atom stereocenters. The number of sulfonamides is 1. The summed E-state index contributed by atoms with van der Waals surface area (Å²) in [7, 11) is -2.06. The molecule has 9 heteroatoms. The Morgan fingerprint density at radius 1 is 1.42 bits per heavy atom. The summed E-state index contributed by atoms with van der Waals surface area (Å²) in [4.78, 5) is 15.6. The number of hydrogen-bond acceptors (Lipinski definition) is 5. The van der Waals surface area contributed by atoms with Crippen molar-refractivity contribution in [2.45, 2.75) is 37.6 Å². The van der Waals surface area contributed by atoms with Crippen LogP contribution in [-0.2, 0) is 21.9 Å². The summed E-state index contributed by atoms with van der Waals surface area (Å²) in [5, 5.41) is 14.2. The van der Waals surface area contributed by atoms with Crippen molar-refractivity contribution in [3.05, 3.63) is 18.0 Å². The van der Waals surface area contributed by atoms with Crippen LogP contribution in [0, 0.1) is 12.8 Å². The molecule has 0 amide bonds. The minimum Gasteiger partial charge on any atom is -0.481 e. The first-order valence-corrected chi connectivity index (χ1v) is 9.21. The Labute approximate surface area is 140 Å². The van der Waals surface area contributed by atoms with Gasteiger partial charge in [0.05, 0.1) is 11.6 Å². The number of nitrogens with zero attached hydrogens (tertiary/aromatic N) is 4. The van der Waals surface area contributed by atoms with Crippen LogP contribution in [0.5, 0.6) is 0 Å². The predicted octanol–water partition coefficient (Wildman–Crippen LogP) is 1.15. The van der Waals surface area contributed by atoms with Gasteiger partial charge in [-0.1, -0.05) is 0 Å². The zero-order chi connectivity index (χ0) is 17.6. The van der Waals surface area contributed by atoms with E-state index in [9.17, 15) is 18.3 Å². The molecule has 0 spiro atoms. The summed E-state index contributed by atoms with van der Waals surface area (Å²) in [5.41, 5.74) is 1.31. The molecule has 0 radical (unpaired) electrons. The highest BCUT2D eigenvalue weighted by Gasteiger charge is 2.39. The van der Waals surface area contributed by atoms with E-state index in [2.05, 4.69) is 10.1 Å². The zero-order valence-electron chi connectivity index (χ0n) is 13.8. The maximum Gasteiger partial charge on any atom is 0.308 e. The van der Waals surface area contributed by atoms with E-state index in [1.165, 1.54) is 10.5 Å². The highest BCUT2D eigenvalue weighted by Crippen LogP contribution is 2.30. The molecule has 0 saturated carbocycles. The van der Waals surface area contributed by atoms with Crippen molar-refractivity contribution < 1.29 is 18.3 Å². The molecule has 1 N–H and O–H groups in total. The summed E-state index contributed by atoms with van der Waals surface area (Å²) in [6, 6.07) is 0.976. The van der Waals surface area contributed by atoms with Gasteiger partial charge in [0.15, 0.2) is 5.65 Å². The largest absolute Gasteiger partial charge is 0.481 e. The molecule has 1 aliphatic rings. The third kappa shape index (κ3) is 2.57. The maximum absolute atomic E-state index is 13.0. The molecule has 24 heavy (non-hydrogen) atoms. The van der Waals surface area contributed by atoms with Gasteiger partial charge in [0, 0.05) is 31.2 Å². The quantitative estimate of drug-likeness (QED) is 0.888. The van der Waals surface area contributed by atoms with E-state index >= 15 is 0 Å². The maximum atomic E-state index is 13.0. The zero-order valence-corrected chi connectivity index (χ0v) is 14.6. The van der Waals surface area contributed by atoms with Crippen molar-refractivity contribution in [1.29, 1.82) is 0 Å². The molecule has 2 aromatic rings. The van der Waals surface area contributed by atoms with Crippen molar-refractivity contribution in [2.75, 3.05) is 6.54 Å². The Morgan fingerprint density at radius 3 is 2.79 bits per heavy atom. The van der Waals surface area contributed by atoms with Gasteiger partial charge < -0.3 is 5.11 Å². The lowest BCUT2D eigenvalue weighted by molar-refractivity contribution is -0.144. The SMILES string of the molecule is Cc1nn(C)c2ncc(S(=O)(=O)N3CCC[C@@H](C(=O)O)[C@H]3C)cc12. The van der Waals surface area contributed by atoms with Crippen LogP contribution in [0.1, 0.15) is 25.5 Å². The number of carboxylic acid groups (broad SMARTS) is 1. The molecule has 0 aliphatic carbocycles. The van der Waals surface area contributed by atoms with E-state index in [4.69, 9.17) is 0 Å². The minimum atomic E-state index is -3.81. The standard InChI is InChI=1S/C15H20N4O4S/c1-9-13-7-11(8-16-14(13)18(3)17-9)24(22,23)19-6-4-5-12(10(19)2)15(20)21/h7-8,10,12H,4-6H2,1-3H3,(H,20,21)/t10-,12-/m1/s1. The second-order valence-corrected chi connectivity index (χ2v) is 8.09.